The maximum Gasteiger partial charge on any atom is 0.432 e. The van der Waals surface area contributed by atoms with Crippen molar-refractivity contribution in [2.24, 2.45) is 23.2 Å². The summed E-state index contributed by atoms with van der Waals surface area (Å²) in [6.07, 6.45) is 0.541. The highest BCUT2D eigenvalue weighted by atomic mass is 35.5. The molecule has 0 aliphatic rings. The summed E-state index contributed by atoms with van der Waals surface area (Å²) < 4.78 is 40.5. The summed E-state index contributed by atoms with van der Waals surface area (Å²) in [6, 6.07) is 14.9. The Bertz CT molecular complexity index is 1570. The minimum Gasteiger partial charge on any atom is -0.393 e. The van der Waals surface area contributed by atoms with Crippen LogP contribution in [0.1, 0.15) is 56.2 Å². The molecule has 2 atom stereocenters. The molecule has 9 nitrogen and oxygen atoms in total. The van der Waals surface area contributed by atoms with E-state index < -0.39 is 29.4 Å². The van der Waals surface area contributed by atoms with Crippen LogP contribution in [0.5, 0.6) is 0 Å². The first-order valence-corrected chi connectivity index (χ1v) is 13.9. The number of hydrogen-bond acceptors (Lipinski definition) is 7. The Balaban J connectivity index is 2.03. The number of rotatable bonds is 13. The number of aromatic nitrogens is 2. The van der Waals surface area contributed by atoms with Gasteiger partial charge in [-0.25, -0.2) is 10.8 Å². The van der Waals surface area contributed by atoms with E-state index in [1.54, 1.807) is 6.92 Å². The normalized spacial score (nSPS) is 13.3. The number of nitrogens with zero attached hydrogens (tertiary/aromatic N) is 4. The number of carbonyl (C=O) groups excluding carboxylic acids is 1. The van der Waals surface area contributed by atoms with Gasteiger partial charge in [0.15, 0.2) is 0 Å². The lowest BCUT2D eigenvalue weighted by atomic mass is 9.95. The van der Waals surface area contributed by atoms with Gasteiger partial charge in [-0.15, -0.1) is 0 Å². The van der Waals surface area contributed by atoms with E-state index in [9.17, 15) is 22.8 Å². The van der Waals surface area contributed by atoms with Gasteiger partial charge in [-0.05, 0) is 55.0 Å². The fourth-order valence-corrected chi connectivity index (χ4v) is 4.75. The molecule has 0 spiro atoms. The number of unbranched alkanes of at least 4 members (excludes halogenated alkanes) is 1. The third-order valence-corrected chi connectivity index (χ3v) is 7.22. The van der Waals surface area contributed by atoms with Crippen LogP contribution >= 0.6 is 11.6 Å². The van der Waals surface area contributed by atoms with E-state index in [1.165, 1.54) is 35.2 Å². The van der Waals surface area contributed by atoms with Gasteiger partial charge in [0, 0.05) is 35.2 Å². The van der Waals surface area contributed by atoms with Crippen LogP contribution in [-0.4, -0.2) is 21.6 Å². The molecule has 0 bridgehead atoms. The van der Waals surface area contributed by atoms with Gasteiger partial charge in [0.1, 0.15) is 5.70 Å². The Morgan fingerprint density at radius 3 is 2.56 bits per heavy atom. The number of halogens is 4. The molecule has 0 radical (unpaired) electrons. The second-order valence-electron chi connectivity index (χ2n) is 10.2. The number of anilines is 1. The number of alkyl halides is 3. The zero-order chi connectivity index (χ0) is 31.7. The van der Waals surface area contributed by atoms with Gasteiger partial charge in [0.2, 0.25) is 5.91 Å². The van der Waals surface area contributed by atoms with Crippen LogP contribution in [0, 0.1) is 17.2 Å². The van der Waals surface area contributed by atoms with E-state index in [1.807, 2.05) is 24.3 Å². The number of aryl methyl sites for hydroxylation is 1. The van der Waals surface area contributed by atoms with Crippen molar-refractivity contribution in [1.82, 2.24) is 9.55 Å². The van der Waals surface area contributed by atoms with Crippen LogP contribution in [-0.2, 0) is 11.2 Å². The average Bonchev–Trinajstić information content (AvgIpc) is 2.95. The van der Waals surface area contributed by atoms with Crippen LogP contribution in [0.15, 0.2) is 71.5 Å². The summed E-state index contributed by atoms with van der Waals surface area (Å²) in [5.41, 5.74) is 11.0. The van der Waals surface area contributed by atoms with Crippen molar-refractivity contribution in [3.05, 3.63) is 93.3 Å². The zero-order valence-electron chi connectivity index (χ0n) is 23.5. The zero-order valence-corrected chi connectivity index (χ0v) is 24.3. The van der Waals surface area contributed by atoms with Gasteiger partial charge in [-0.1, -0.05) is 49.2 Å². The number of allylic oxidation sites excluding steroid dienone is 1. The molecule has 3 rings (SSSR count). The van der Waals surface area contributed by atoms with Crippen molar-refractivity contribution in [3.8, 4) is 17.3 Å². The summed E-state index contributed by atoms with van der Waals surface area (Å²) in [6.45, 7) is 1.75. The molecular weight excluding hydrogens is 583 g/mol. The first-order valence-electron chi connectivity index (χ1n) is 13.5. The Labute approximate surface area is 252 Å². The molecule has 0 aliphatic carbocycles. The fraction of sp³-hybridized carbons (Fsp3) is 0.333. The molecule has 6 N–H and O–H groups in total. The lowest BCUT2D eigenvalue weighted by Gasteiger charge is -2.23. The standard InChI is InChI=1S/C30H33ClF3N7O2/c1-19(29(37)43)6-4-10-25(21-9-5-8-20(14-21)7-2-3-13-35)40-18-39-24(16-28(40)42)23-15-22(31)11-12-26(23)41(38)17-27(36)30(32,33)34/h5,8-9,11-12,14-19,25H,2-4,6-7,10,36,38H2,1H3,(H2,37,43)/b27-17-. The molecule has 43 heavy (non-hydrogen) atoms. The summed E-state index contributed by atoms with van der Waals surface area (Å²) in [4.78, 5) is 29.6. The predicted octanol–water partition coefficient (Wildman–Crippen LogP) is 5.33. The van der Waals surface area contributed by atoms with Gasteiger partial charge in [-0.2, -0.15) is 18.4 Å². The summed E-state index contributed by atoms with van der Waals surface area (Å²) in [7, 11) is 0. The number of hydrazine groups is 1. The Morgan fingerprint density at radius 1 is 1.16 bits per heavy atom. The molecule has 228 valence electrons. The minimum atomic E-state index is -4.79. The summed E-state index contributed by atoms with van der Waals surface area (Å²) in [5, 5.41) is 9.83. The van der Waals surface area contributed by atoms with Crippen molar-refractivity contribution in [1.29, 1.82) is 5.26 Å². The number of carbonyl (C=O) groups is 1. The van der Waals surface area contributed by atoms with E-state index >= 15 is 0 Å². The molecule has 0 fully saturated rings. The lowest BCUT2D eigenvalue weighted by Crippen LogP contribution is -2.30. The highest BCUT2D eigenvalue weighted by Crippen LogP contribution is 2.33. The smallest absolute Gasteiger partial charge is 0.393 e. The largest absolute Gasteiger partial charge is 0.432 e. The van der Waals surface area contributed by atoms with E-state index in [4.69, 9.17) is 34.2 Å². The van der Waals surface area contributed by atoms with Crippen molar-refractivity contribution >= 4 is 23.2 Å². The Morgan fingerprint density at radius 2 is 1.91 bits per heavy atom. The van der Waals surface area contributed by atoms with Crippen molar-refractivity contribution in [2.75, 3.05) is 5.01 Å². The molecule has 1 amide bonds. The first-order chi connectivity index (χ1) is 20.3. The maximum atomic E-state index is 13.6. The molecule has 3 aromatic rings. The van der Waals surface area contributed by atoms with Gasteiger partial charge < -0.3 is 11.5 Å². The molecule has 0 aliphatic heterocycles. The molecule has 1 heterocycles. The lowest BCUT2D eigenvalue weighted by molar-refractivity contribution is -0.121. The van der Waals surface area contributed by atoms with Crippen LogP contribution in [0.2, 0.25) is 5.02 Å². The molecule has 2 aromatic carbocycles. The highest BCUT2D eigenvalue weighted by Gasteiger charge is 2.32. The number of primary amides is 1. The third kappa shape index (κ3) is 9.07. The van der Waals surface area contributed by atoms with E-state index in [0.717, 1.165) is 11.1 Å². The number of hydrogen-bond donors (Lipinski definition) is 3. The first kappa shape index (κ1) is 33.2. The molecule has 2 unspecified atom stereocenters. The number of nitrogens with two attached hydrogens (primary N) is 3. The van der Waals surface area contributed by atoms with Crippen LogP contribution in [0.3, 0.4) is 0 Å². The van der Waals surface area contributed by atoms with Gasteiger partial charge in [0.25, 0.3) is 5.56 Å². The fourth-order valence-electron chi connectivity index (χ4n) is 4.58. The van der Waals surface area contributed by atoms with Crippen LogP contribution < -0.4 is 27.9 Å². The van der Waals surface area contributed by atoms with Gasteiger partial charge in [0.05, 0.1) is 29.8 Å². The van der Waals surface area contributed by atoms with Crippen LogP contribution in [0.4, 0.5) is 18.9 Å². The summed E-state index contributed by atoms with van der Waals surface area (Å²) in [5.74, 6) is 5.16. The number of amides is 1. The molecule has 1 aromatic heterocycles. The molecule has 0 saturated heterocycles. The van der Waals surface area contributed by atoms with E-state index in [2.05, 4.69) is 11.1 Å². The Kier molecular flexibility index (Phi) is 11.3. The molecular formula is C30H33ClF3N7O2. The van der Waals surface area contributed by atoms with Crippen molar-refractivity contribution in [3.63, 3.8) is 0 Å². The van der Waals surface area contributed by atoms with E-state index in [-0.39, 0.29) is 27.9 Å². The summed E-state index contributed by atoms with van der Waals surface area (Å²) >= 11 is 6.18. The topological polar surface area (TPSA) is 157 Å². The third-order valence-electron chi connectivity index (χ3n) is 6.98. The number of benzene rings is 2. The molecule has 13 heteroatoms. The SMILES string of the molecule is CC(CCCC(c1cccc(CCCC#N)c1)n1cnc(-c2cc(Cl)ccc2N(N)/C=C(\N)C(F)(F)F)cc1=O)C(N)=O. The maximum absolute atomic E-state index is 13.6. The van der Waals surface area contributed by atoms with Gasteiger partial charge in [-0.3, -0.25) is 19.2 Å². The predicted molar refractivity (Wildman–Crippen MR) is 159 cm³/mol. The van der Waals surface area contributed by atoms with Crippen LogP contribution in [0.25, 0.3) is 11.3 Å². The van der Waals surface area contributed by atoms with E-state index in [0.29, 0.717) is 49.7 Å². The quantitative estimate of drug-likeness (QED) is 0.133. The monoisotopic (exact) mass is 615 g/mol. The van der Waals surface area contributed by atoms with Gasteiger partial charge >= 0.3 is 6.18 Å². The molecule has 0 saturated carbocycles. The second-order valence-corrected chi connectivity index (χ2v) is 10.6. The average molecular weight is 616 g/mol. The second kappa shape index (κ2) is 14.7. The number of nitriles is 1. The highest BCUT2D eigenvalue weighted by molar-refractivity contribution is 6.31. The van der Waals surface area contributed by atoms with Crippen molar-refractivity contribution in [2.45, 2.75) is 57.7 Å². The Hall–Kier alpha value is -4.34. The minimum absolute atomic E-state index is 0.0864. The van der Waals surface area contributed by atoms with Crippen molar-refractivity contribution < 1.29 is 18.0 Å².